The van der Waals surface area contributed by atoms with Gasteiger partial charge in [-0.1, -0.05) is 6.07 Å². The lowest BCUT2D eigenvalue weighted by molar-refractivity contribution is -0.118. The molecule has 0 radical (unpaired) electrons. The van der Waals surface area contributed by atoms with Gasteiger partial charge in [-0.05, 0) is 30.5 Å². The zero-order valence-electron chi connectivity index (χ0n) is 16.4. The van der Waals surface area contributed by atoms with Crippen molar-refractivity contribution in [2.24, 2.45) is 0 Å². The molecule has 0 aliphatic heterocycles. The molecule has 1 amide bonds. The quantitative estimate of drug-likeness (QED) is 0.373. The van der Waals surface area contributed by atoms with Crippen LogP contribution in [-0.4, -0.2) is 27.5 Å². The molecule has 0 aliphatic rings. The van der Waals surface area contributed by atoms with E-state index in [-0.39, 0.29) is 12.5 Å². The first kappa shape index (κ1) is 19.4. The maximum absolute atomic E-state index is 12.5. The number of anilines is 1. The second-order valence-corrected chi connectivity index (χ2v) is 8.78. The highest BCUT2D eigenvalue weighted by molar-refractivity contribution is 7.21. The van der Waals surface area contributed by atoms with E-state index in [2.05, 4.69) is 20.3 Å². The molecule has 5 rings (SSSR count). The average Bonchev–Trinajstić information content (AvgIpc) is 3.39. The van der Waals surface area contributed by atoms with Gasteiger partial charge in [0.2, 0.25) is 5.88 Å². The van der Waals surface area contributed by atoms with E-state index in [0.29, 0.717) is 23.1 Å². The van der Waals surface area contributed by atoms with Gasteiger partial charge in [-0.25, -0.2) is 9.97 Å². The molecule has 154 valence electrons. The maximum Gasteiger partial charge on any atom is 0.262 e. The van der Waals surface area contributed by atoms with Gasteiger partial charge in [0.05, 0.1) is 26.1 Å². The third-order valence-electron chi connectivity index (χ3n) is 4.41. The van der Waals surface area contributed by atoms with E-state index in [1.807, 2.05) is 24.4 Å². The lowest BCUT2D eigenvalue weighted by Gasteiger charge is -2.10. The van der Waals surface area contributed by atoms with Crippen LogP contribution < -0.4 is 14.8 Å². The normalized spacial score (nSPS) is 11.0. The zero-order chi connectivity index (χ0) is 21.2. The molecule has 5 aromatic rings. The molecule has 0 spiro atoms. The second kappa shape index (κ2) is 8.29. The summed E-state index contributed by atoms with van der Waals surface area (Å²) in [6.45, 7) is 1.88. The fourth-order valence-electron chi connectivity index (χ4n) is 3.14. The first-order chi connectivity index (χ1) is 15.2. The monoisotopic (exact) mass is 448 g/mol. The number of rotatable bonds is 6. The van der Waals surface area contributed by atoms with E-state index in [0.717, 1.165) is 25.3 Å². The molecule has 0 saturated carbocycles. The van der Waals surface area contributed by atoms with Crippen LogP contribution in [0.4, 0.5) is 5.69 Å². The minimum absolute atomic E-state index is 0.108. The van der Waals surface area contributed by atoms with E-state index in [1.165, 1.54) is 6.20 Å². The van der Waals surface area contributed by atoms with Crippen molar-refractivity contribution in [1.82, 2.24) is 15.0 Å². The number of carbonyl (C=O) groups is 1. The number of nitrogens with zero attached hydrogens (tertiary/aromatic N) is 3. The van der Waals surface area contributed by atoms with Gasteiger partial charge in [0.15, 0.2) is 6.61 Å². The molecule has 0 fully saturated rings. The summed E-state index contributed by atoms with van der Waals surface area (Å²) in [5, 5.41) is 6.81. The van der Waals surface area contributed by atoms with Crippen LogP contribution in [0.1, 0.15) is 5.01 Å². The predicted molar refractivity (Wildman–Crippen MR) is 122 cm³/mol. The van der Waals surface area contributed by atoms with Crippen molar-refractivity contribution in [2.75, 3.05) is 11.9 Å². The number of ether oxygens (including phenoxy) is 2. The number of hydrogen-bond acceptors (Lipinski definition) is 8. The Morgan fingerprint density at radius 1 is 1.19 bits per heavy atom. The molecular formula is C22H16N4O3S2. The van der Waals surface area contributed by atoms with Crippen LogP contribution in [0, 0.1) is 6.92 Å². The molecule has 3 aromatic heterocycles. The number of carbonyl (C=O) groups excluding carboxylic acids is 1. The Kier molecular flexibility index (Phi) is 5.19. The molecule has 2 aromatic carbocycles. The summed E-state index contributed by atoms with van der Waals surface area (Å²) in [4.78, 5) is 25.2. The van der Waals surface area contributed by atoms with Crippen LogP contribution >= 0.6 is 22.7 Å². The lowest BCUT2D eigenvalue weighted by atomic mass is 10.2. The first-order valence-corrected chi connectivity index (χ1v) is 11.1. The Hall–Kier alpha value is -3.56. The molecule has 1 N–H and O–H groups in total. The summed E-state index contributed by atoms with van der Waals surface area (Å²) >= 11 is 3.24. The standard InChI is InChI=1S/C22H16N4O3S2/c1-13-25-21-18(31-13)10-17(16-5-8-30-22(16)21)28-12-19(27)26-14-3-2-4-15(9-14)29-20-11-23-6-7-24-20/h2-11H,12H2,1H3,(H,26,27). The highest BCUT2D eigenvalue weighted by atomic mass is 32.1. The number of thiophene rings is 1. The summed E-state index contributed by atoms with van der Waals surface area (Å²) in [7, 11) is 0. The molecular weight excluding hydrogens is 432 g/mol. The van der Waals surface area contributed by atoms with Gasteiger partial charge in [-0.15, -0.1) is 22.7 Å². The Bertz CT molecular complexity index is 1380. The number of aryl methyl sites for hydroxylation is 1. The fourth-order valence-corrected chi connectivity index (χ4v) is 4.98. The Labute approximate surface area is 185 Å². The average molecular weight is 449 g/mol. The van der Waals surface area contributed by atoms with E-state index in [1.54, 1.807) is 59.3 Å². The Morgan fingerprint density at radius 2 is 2.13 bits per heavy atom. The van der Waals surface area contributed by atoms with E-state index < -0.39 is 0 Å². The van der Waals surface area contributed by atoms with Gasteiger partial charge in [0.25, 0.3) is 5.91 Å². The van der Waals surface area contributed by atoms with E-state index in [9.17, 15) is 4.79 Å². The summed E-state index contributed by atoms with van der Waals surface area (Å²) in [5.74, 6) is 1.34. The highest BCUT2D eigenvalue weighted by Crippen LogP contribution is 2.38. The summed E-state index contributed by atoms with van der Waals surface area (Å²) in [5.41, 5.74) is 1.59. The summed E-state index contributed by atoms with van der Waals surface area (Å²) < 4.78 is 13.7. The minimum atomic E-state index is -0.263. The molecule has 0 atom stereocenters. The third-order valence-corrected chi connectivity index (χ3v) is 6.25. The number of fused-ring (bicyclic) bond motifs is 3. The molecule has 7 nitrogen and oxygen atoms in total. The van der Waals surface area contributed by atoms with Gasteiger partial charge < -0.3 is 14.8 Å². The van der Waals surface area contributed by atoms with E-state index >= 15 is 0 Å². The molecule has 31 heavy (non-hydrogen) atoms. The molecule has 0 bridgehead atoms. The minimum Gasteiger partial charge on any atom is -0.483 e. The van der Waals surface area contributed by atoms with Crippen molar-refractivity contribution in [3.8, 4) is 17.4 Å². The third kappa shape index (κ3) is 4.18. The molecule has 0 saturated heterocycles. The van der Waals surface area contributed by atoms with Crippen molar-refractivity contribution in [2.45, 2.75) is 6.92 Å². The maximum atomic E-state index is 12.5. The van der Waals surface area contributed by atoms with Crippen molar-refractivity contribution in [3.63, 3.8) is 0 Å². The van der Waals surface area contributed by atoms with Crippen LogP contribution in [0.3, 0.4) is 0 Å². The second-order valence-electron chi connectivity index (χ2n) is 6.63. The SMILES string of the molecule is Cc1nc2c(cc(OCC(=O)Nc3cccc(Oc4cnccn4)c3)c3ccsc32)s1. The number of nitrogens with one attached hydrogen (secondary N) is 1. The first-order valence-electron chi connectivity index (χ1n) is 9.39. The predicted octanol–water partition coefficient (Wildman–Crippen LogP) is 5.42. The fraction of sp³-hybridized carbons (Fsp3) is 0.0909. The summed E-state index contributed by atoms with van der Waals surface area (Å²) in [6.07, 6.45) is 4.64. The van der Waals surface area contributed by atoms with Crippen molar-refractivity contribution < 1.29 is 14.3 Å². The molecule has 3 heterocycles. The largest absolute Gasteiger partial charge is 0.483 e. The number of amides is 1. The van der Waals surface area contributed by atoms with E-state index in [4.69, 9.17) is 9.47 Å². The van der Waals surface area contributed by atoms with Gasteiger partial charge >= 0.3 is 0 Å². The number of aromatic nitrogens is 3. The Morgan fingerprint density at radius 3 is 3.00 bits per heavy atom. The highest BCUT2D eigenvalue weighted by Gasteiger charge is 2.14. The van der Waals surface area contributed by atoms with Crippen LogP contribution in [0.5, 0.6) is 17.4 Å². The van der Waals surface area contributed by atoms with Gasteiger partial charge in [0.1, 0.15) is 11.5 Å². The zero-order valence-corrected chi connectivity index (χ0v) is 18.0. The molecule has 0 unspecified atom stereocenters. The topological polar surface area (TPSA) is 86.2 Å². The molecule has 0 aliphatic carbocycles. The van der Waals surface area contributed by atoms with Crippen LogP contribution in [0.15, 0.2) is 60.4 Å². The van der Waals surface area contributed by atoms with Crippen molar-refractivity contribution in [1.29, 1.82) is 0 Å². The summed E-state index contributed by atoms with van der Waals surface area (Å²) in [6, 6.07) is 11.0. The van der Waals surface area contributed by atoms with Gasteiger partial charge in [0, 0.05) is 35.6 Å². The molecule has 9 heteroatoms. The number of thiazole rings is 1. The number of benzene rings is 2. The van der Waals surface area contributed by atoms with Crippen molar-refractivity contribution >= 4 is 54.6 Å². The van der Waals surface area contributed by atoms with Crippen molar-refractivity contribution in [3.05, 3.63) is 65.4 Å². The Balaban J connectivity index is 1.28. The smallest absolute Gasteiger partial charge is 0.262 e. The van der Waals surface area contributed by atoms with Gasteiger partial charge in [-0.3, -0.25) is 9.78 Å². The van der Waals surface area contributed by atoms with Gasteiger partial charge in [-0.2, -0.15) is 0 Å². The van der Waals surface area contributed by atoms with Crippen LogP contribution in [0.2, 0.25) is 0 Å². The van der Waals surface area contributed by atoms with Crippen LogP contribution in [-0.2, 0) is 4.79 Å². The number of hydrogen-bond donors (Lipinski definition) is 1. The van der Waals surface area contributed by atoms with Crippen LogP contribution in [0.25, 0.3) is 20.3 Å². The lowest BCUT2D eigenvalue weighted by Crippen LogP contribution is -2.20.